The number of phenols is 1. The lowest BCUT2D eigenvalue weighted by Gasteiger charge is -2.55. The summed E-state index contributed by atoms with van der Waals surface area (Å²) in [5.41, 5.74) is 3.25. The third kappa shape index (κ3) is 5.16. The molecule has 0 spiro atoms. The van der Waals surface area contributed by atoms with Crippen LogP contribution in [0, 0.1) is 23.7 Å². The maximum absolute atomic E-state index is 15.4. The Morgan fingerprint density at radius 1 is 0.638 bits per heavy atom. The first-order chi connectivity index (χ1) is 28.3. The van der Waals surface area contributed by atoms with Gasteiger partial charge in [-0.3, -0.25) is 28.9 Å². The van der Waals surface area contributed by atoms with Crippen molar-refractivity contribution in [1.29, 1.82) is 0 Å². The predicted octanol–water partition coefficient (Wildman–Crippen LogP) is 8.81. The van der Waals surface area contributed by atoms with Crippen molar-refractivity contribution in [2.75, 3.05) is 4.90 Å². The summed E-state index contributed by atoms with van der Waals surface area (Å²) in [7, 11) is 0. The zero-order valence-electron chi connectivity index (χ0n) is 31.3. The minimum absolute atomic E-state index is 0.0933. The van der Waals surface area contributed by atoms with Gasteiger partial charge in [-0.25, -0.2) is 0 Å². The number of Topliss-reactive ketones (excluding diaryl/α,β-unsaturated/α-hetero) is 1. The summed E-state index contributed by atoms with van der Waals surface area (Å²) in [6.45, 7) is 0. The lowest BCUT2D eigenvalue weighted by Crippen LogP contribution is -2.58. The van der Waals surface area contributed by atoms with E-state index in [2.05, 4.69) is 0 Å². The van der Waals surface area contributed by atoms with Crippen LogP contribution in [0.15, 0.2) is 169 Å². The molecule has 0 bridgehead atoms. The van der Waals surface area contributed by atoms with E-state index in [1.54, 1.807) is 54.6 Å². The molecule has 6 atom stereocenters. The van der Waals surface area contributed by atoms with Gasteiger partial charge in [-0.05, 0) is 77.2 Å². The molecule has 6 aromatic rings. The van der Waals surface area contributed by atoms with Crippen molar-refractivity contribution in [2.24, 2.45) is 23.7 Å². The molecule has 4 aliphatic rings. The molecule has 2 amide bonds. The Balaban J connectivity index is 1.14. The number of phenolic OH excluding ortho intramolecular Hbond substituents is 1. The van der Waals surface area contributed by atoms with Crippen molar-refractivity contribution in [3.05, 3.63) is 197 Å². The third-order valence-electron chi connectivity index (χ3n) is 13.0. The van der Waals surface area contributed by atoms with Crippen LogP contribution in [-0.4, -0.2) is 34.3 Å². The molecule has 7 nitrogen and oxygen atoms in total. The monoisotopic (exact) mass is 759 g/mol. The van der Waals surface area contributed by atoms with Gasteiger partial charge >= 0.3 is 0 Å². The van der Waals surface area contributed by atoms with Gasteiger partial charge in [-0.15, -0.1) is 0 Å². The number of ketones is 3. The topological polar surface area (TPSA) is 109 Å². The summed E-state index contributed by atoms with van der Waals surface area (Å²) in [5, 5.41) is 12.4. The van der Waals surface area contributed by atoms with Gasteiger partial charge in [-0.2, -0.15) is 0 Å². The average molecular weight is 760 g/mol. The number of carbonyl (C=O) groups is 5. The Hall–Kier alpha value is -6.99. The number of hydrogen-bond acceptors (Lipinski definition) is 6. The number of aromatic hydroxyl groups is 1. The maximum Gasteiger partial charge on any atom is 0.238 e. The second-order valence-electron chi connectivity index (χ2n) is 15.8. The maximum atomic E-state index is 15.4. The van der Waals surface area contributed by atoms with Gasteiger partial charge in [-0.1, -0.05) is 133 Å². The number of carbonyl (C=O) groups excluding carboxylic acids is 5. The number of benzene rings is 6. The highest BCUT2D eigenvalue weighted by Crippen LogP contribution is 2.64. The Labute approximate surface area is 335 Å². The van der Waals surface area contributed by atoms with Gasteiger partial charge in [0, 0.05) is 33.9 Å². The van der Waals surface area contributed by atoms with Crippen LogP contribution in [-0.2, 0) is 24.6 Å². The molecule has 1 N–H and O–H groups in total. The first-order valence-electron chi connectivity index (χ1n) is 19.7. The van der Waals surface area contributed by atoms with E-state index in [-0.39, 0.29) is 47.8 Å². The summed E-state index contributed by atoms with van der Waals surface area (Å²) in [4.78, 5) is 74.5. The molecular formula is C51H37NO6. The number of amides is 2. The van der Waals surface area contributed by atoms with Crippen LogP contribution in [0.4, 0.5) is 5.69 Å². The standard InChI is InChI=1S/C51H37NO6/c53-43-27-26-37(35-18-10-11-19-36(35)43)46-38-24-25-39-45(50(58)52(49(39)57)34-22-20-32(21-23-34)47(55)31-14-6-2-7-15-31)41(38)28-42-48(56)40(30-12-4-1-5-13-30)29-44(54)51(42,46)33-16-8-3-9-17-33/h1-24,26-27,29,39,41-42,45-46,53H,25,28H2. The highest BCUT2D eigenvalue weighted by atomic mass is 16.3. The van der Waals surface area contributed by atoms with E-state index in [0.717, 1.165) is 16.5 Å². The SMILES string of the molecule is O=C(c1ccccc1)c1ccc(N2C(=O)C3CC=C4C(CC5C(=O)C(c6ccccc6)=CC(=O)C5(c5ccccc5)C4c4ccc(O)c5ccccc45)C3C2=O)cc1. The van der Waals surface area contributed by atoms with Crippen molar-refractivity contribution >= 4 is 51.2 Å². The van der Waals surface area contributed by atoms with Crippen LogP contribution in [0.25, 0.3) is 16.3 Å². The summed E-state index contributed by atoms with van der Waals surface area (Å²) in [5.74, 6) is -4.75. The van der Waals surface area contributed by atoms with Crippen molar-refractivity contribution < 1.29 is 29.1 Å². The molecule has 58 heavy (non-hydrogen) atoms. The lowest BCUT2D eigenvalue weighted by molar-refractivity contribution is -0.134. The number of nitrogens with zero attached hydrogens (tertiary/aromatic N) is 1. The Bertz CT molecular complexity index is 2760. The lowest BCUT2D eigenvalue weighted by atomic mass is 9.44. The molecule has 282 valence electrons. The molecular weight excluding hydrogens is 723 g/mol. The first kappa shape index (κ1) is 35.4. The van der Waals surface area contributed by atoms with E-state index >= 15 is 9.59 Å². The van der Waals surface area contributed by atoms with Crippen LogP contribution in [0.3, 0.4) is 0 Å². The summed E-state index contributed by atoms with van der Waals surface area (Å²) in [6, 6.07) is 45.2. The molecule has 0 aromatic heterocycles. The molecule has 3 aliphatic carbocycles. The molecule has 6 unspecified atom stereocenters. The Morgan fingerprint density at radius 2 is 1.26 bits per heavy atom. The first-order valence-corrected chi connectivity index (χ1v) is 19.7. The largest absolute Gasteiger partial charge is 0.507 e. The quantitative estimate of drug-likeness (QED) is 0.103. The minimum Gasteiger partial charge on any atom is -0.507 e. The predicted molar refractivity (Wildman–Crippen MR) is 221 cm³/mol. The van der Waals surface area contributed by atoms with Gasteiger partial charge in [0.25, 0.3) is 0 Å². The highest BCUT2D eigenvalue weighted by Gasteiger charge is 2.66. The number of hydrogen-bond donors (Lipinski definition) is 1. The fraction of sp³-hybridized carbons (Fsp3) is 0.157. The van der Waals surface area contributed by atoms with Crippen LogP contribution in [0.1, 0.15) is 51.4 Å². The molecule has 0 radical (unpaired) electrons. The molecule has 1 heterocycles. The van der Waals surface area contributed by atoms with Gasteiger partial charge in [0.05, 0.1) is 22.9 Å². The van der Waals surface area contributed by atoms with E-state index in [1.165, 1.54) is 11.0 Å². The van der Waals surface area contributed by atoms with Gasteiger partial charge in [0.1, 0.15) is 5.75 Å². The Morgan fingerprint density at radius 3 is 1.97 bits per heavy atom. The second-order valence-corrected chi connectivity index (χ2v) is 15.8. The Kier molecular flexibility index (Phi) is 8.30. The van der Waals surface area contributed by atoms with Gasteiger partial charge in [0.15, 0.2) is 17.3 Å². The second kappa shape index (κ2) is 13.6. The van der Waals surface area contributed by atoms with E-state index in [0.29, 0.717) is 38.9 Å². The summed E-state index contributed by atoms with van der Waals surface area (Å²) in [6.07, 6.45) is 4.02. The number of fused-ring (bicyclic) bond motifs is 5. The summed E-state index contributed by atoms with van der Waals surface area (Å²) < 4.78 is 0. The molecule has 2 fully saturated rings. The number of imide groups is 1. The van der Waals surface area contributed by atoms with E-state index in [9.17, 15) is 19.5 Å². The smallest absolute Gasteiger partial charge is 0.238 e. The van der Waals surface area contributed by atoms with E-state index in [4.69, 9.17) is 0 Å². The number of allylic oxidation sites excluding steroid dienone is 4. The van der Waals surface area contributed by atoms with Crippen LogP contribution in [0.5, 0.6) is 5.75 Å². The van der Waals surface area contributed by atoms with E-state index in [1.807, 2.05) is 103 Å². The fourth-order valence-corrected chi connectivity index (χ4v) is 10.5. The number of rotatable bonds is 6. The van der Waals surface area contributed by atoms with Crippen molar-refractivity contribution in [2.45, 2.75) is 24.2 Å². The molecule has 6 aromatic carbocycles. The zero-order chi connectivity index (χ0) is 39.7. The van der Waals surface area contributed by atoms with Crippen molar-refractivity contribution in [3.8, 4) is 5.75 Å². The van der Waals surface area contributed by atoms with Gasteiger partial charge < -0.3 is 5.11 Å². The third-order valence-corrected chi connectivity index (χ3v) is 13.0. The van der Waals surface area contributed by atoms with E-state index < -0.39 is 35.0 Å². The van der Waals surface area contributed by atoms with Crippen molar-refractivity contribution in [3.63, 3.8) is 0 Å². The summed E-state index contributed by atoms with van der Waals surface area (Å²) >= 11 is 0. The normalized spacial score (nSPS) is 25.1. The molecule has 1 saturated carbocycles. The molecule has 1 saturated heterocycles. The average Bonchev–Trinajstić information content (AvgIpc) is 3.53. The highest BCUT2D eigenvalue weighted by molar-refractivity contribution is 6.32. The van der Waals surface area contributed by atoms with Crippen LogP contribution in [0.2, 0.25) is 0 Å². The fourth-order valence-electron chi connectivity index (χ4n) is 10.5. The molecule has 7 heteroatoms. The van der Waals surface area contributed by atoms with Crippen molar-refractivity contribution in [1.82, 2.24) is 0 Å². The van der Waals surface area contributed by atoms with Crippen LogP contribution >= 0.6 is 0 Å². The van der Waals surface area contributed by atoms with Gasteiger partial charge in [0.2, 0.25) is 11.8 Å². The molecule has 10 rings (SSSR count). The number of anilines is 1. The minimum atomic E-state index is -1.39. The zero-order valence-corrected chi connectivity index (χ0v) is 31.3. The molecule has 1 aliphatic heterocycles. The van der Waals surface area contributed by atoms with Crippen LogP contribution < -0.4 is 4.90 Å².